The number of anilines is 1. The van der Waals surface area contributed by atoms with Crippen molar-refractivity contribution in [1.82, 2.24) is 14.6 Å². The van der Waals surface area contributed by atoms with E-state index in [9.17, 15) is 0 Å². The molecule has 2 aromatic rings. The molecule has 2 N–H and O–H groups in total. The molecular weight excluding hydrogens is 246 g/mol. The van der Waals surface area contributed by atoms with Crippen LogP contribution in [0.4, 0.5) is 5.82 Å². The topological polar surface area (TPSA) is 59.5 Å². The van der Waals surface area contributed by atoms with Crippen LogP contribution in [0.15, 0.2) is 18.5 Å². The lowest BCUT2D eigenvalue weighted by molar-refractivity contribution is 0.812. The highest BCUT2D eigenvalue weighted by molar-refractivity contribution is 7.80. The zero-order valence-electron chi connectivity index (χ0n) is 10.6. The lowest BCUT2D eigenvalue weighted by atomic mass is 10.3. The Morgan fingerprint density at radius 1 is 1.56 bits per heavy atom. The minimum Gasteiger partial charge on any atom is -0.393 e. The first-order valence-electron chi connectivity index (χ1n) is 5.96. The van der Waals surface area contributed by atoms with Crippen LogP contribution in [0.5, 0.6) is 0 Å². The van der Waals surface area contributed by atoms with Crippen molar-refractivity contribution in [1.29, 1.82) is 0 Å². The van der Waals surface area contributed by atoms with Crippen LogP contribution in [0.1, 0.15) is 19.0 Å². The zero-order valence-corrected chi connectivity index (χ0v) is 11.4. The standard InChI is InChI=1S/C12H17N5S/c1-3-16(6-4-11(13)18)12-10-8-9(2)15-17(10)7-5-14-12/h5,7-8H,3-4,6H2,1-2H3,(H2,13,18). The van der Waals surface area contributed by atoms with E-state index in [-0.39, 0.29) is 0 Å². The molecule has 0 unspecified atom stereocenters. The SMILES string of the molecule is CCN(CCC(N)=S)c1nccn2nc(C)cc12. The predicted octanol–water partition coefficient (Wildman–Crippen LogP) is 1.54. The summed E-state index contributed by atoms with van der Waals surface area (Å²) in [5, 5.41) is 4.39. The predicted molar refractivity (Wildman–Crippen MR) is 77.0 cm³/mol. The molecule has 0 aromatic carbocycles. The van der Waals surface area contributed by atoms with E-state index in [1.54, 1.807) is 6.20 Å². The first-order valence-corrected chi connectivity index (χ1v) is 6.37. The Morgan fingerprint density at radius 3 is 3.00 bits per heavy atom. The van der Waals surface area contributed by atoms with E-state index in [0.717, 1.165) is 30.1 Å². The van der Waals surface area contributed by atoms with E-state index in [2.05, 4.69) is 21.9 Å². The van der Waals surface area contributed by atoms with E-state index in [0.29, 0.717) is 11.4 Å². The van der Waals surface area contributed by atoms with Crippen molar-refractivity contribution in [3.63, 3.8) is 0 Å². The van der Waals surface area contributed by atoms with Crippen molar-refractivity contribution < 1.29 is 0 Å². The minimum atomic E-state index is 0.532. The van der Waals surface area contributed by atoms with Crippen LogP contribution in [-0.4, -0.2) is 32.7 Å². The van der Waals surface area contributed by atoms with Crippen molar-refractivity contribution in [2.24, 2.45) is 5.73 Å². The summed E-state index contributed by atoms with van der Waals surface area (Å²) in [6.07, 6.45) is 4.31. The fraction of sp³-hybridized carbons (Fsp3) is 0.417. The maximum Gasteiger partial charge on any atom is 0.154 e. The molecule has 0 fully saturated rings. The Labute approximate surface area is 112 Å². The monoisotopic (exact) mass is 263 g/mol. The van der Waals surface area contributed by atoms with Crippen LogP contribution in [-0.2, 0) is 0 Å². The number of fused-ring (bicyclic) bond motifs is 1. The second-order valence-corrected chi connectivity index (χ2v) is 4.69. The molecule has 2 aromatic heterocycles. The second kappa shape index (κ2) is 5.30. The summed E-state index contributed by atoms with van der Waals surface area (Å²) in [6, 6.07) is 2.03. The van der Waals surface area contributed by atoms with Crippen molar-refractivity contribution in [2.75, 3.05) is 18.0 Å². The van der Waals surface area contributed by atoms with Crippen molar-refractivity contribution in [2.45, 2.75) is 20.3 Å². The largest absolute Gasteiger partial charge is 0.393 e. The van der Waals surface area contributed by atoms with Gasteiger partial charge in [0.1, 0.15) is 5.52 Å². The smallest absolute Gasteiger partial charge is 0.154 e. The summed E-state index contributed by atoms with van der Waals surface area (Å²) in [4.78, 5) is 7.15. The first kappa shape index (κ1) is 12.8. The van der Waals surface area contributed by atoms with Crippen LogP contribution < -0.4 is 10.6 Å². The van der Waals surface area contributed by atoms with Gasteiger partial charge in [0.25, 0.3) is 0 Å². The molecule has 0 bridgehead atoms. The van der Waals surface area contributed by atoms with Gasteiger partial charge in [0.2, 0.25) is 0 Å². The summed E-state index contributed by atoms with van der Waals surface area (Å²) in [5.74, 6) is 0.928. The molecule has 18 heavy (non-hydrogen) atoms. The van der Waals surface area contributed by atoms with Gasteiger partial charge >= 0.3 is 0 Å². The summed E-state index contributed by atoms with van der Waals surface area (Å²) >= 11 is 4.92. The molecule has 0 spiro atoms. The van der Waals surface area contributed by atoms with Gasteiger partial charge in [-0.3, -0.25) is 0 Å². The molecule has 0 aliphatic carbocycles. The van der Waals surface area contributed by atoms with Gasteiger partial charge in [0, 0.05) is 31.9 Å². The van der Waals surface area contributed by atoms with Gasteiger partial charge in [0.05, 0.1) is 10.7 Å². The van der Waals surface area contributed by atoms with Crippen LogP contribution in [0, 0.1) is 6.92 Å². The number of hydrogen-bond donors (Lipinski definition) is 1. The highest BCUT2D eigenvalue weighted by atomic mass is 32.1. The third-order valence-electron chi connectivity index (χ3n) is 2.80. The molecule has 0 aliphatic heterocycles. The van der Waals surface area contributed by atoms with Crippen molar-refractivity contribution in [3.8, 4) is 0 Å². The van der Waals surface area contributed by atoms with E-state index >= 15 is 0 Å². The highest BCUT2D eigenvalue weighted by Gasteiger charge is 2.11. The van der Waals surface area contributed by atoms with E-state index in [4.69, 9.17) is 18.0 Å². The zero-order chi connectivity index (χ0) is 13.1. The van der Waals surface area contributed by atoms with Crippen LogP contribution in [0.25, 0.3) is 5.52 Å². The van der Waals surface area contributed by atoms with Gasteiger partial charge in [-0.15, -0.1) is 0 Å². The molecule has 96 valence electrons. The van der Waals surface area contributed by atoms with Crippen molar-refractivity contribution >= 4 is 28.5 Å². The third kappa shape index (κ3) is 2.59. The number of nitrogens with two attached hydrogens (primary N) is 1. The Bertz CT molecular complexity index is 563. The molecule has 5 nitrogen and oxygen atoms in total. The second-order valence-electron chi connectivity index (χ2n) is 4.16. The third-order valence-corrected chi connectivity index (χ3v) is 3.01. The van der Waals surface area contributed by atoms with Crippen LogP contribution in [0.2, 0.25) is 0 Å². The molecule has 0 radical (unpaired) electrons. The maximum absolute atomic E-state index is 5.56. The molecule has 2 heterocycles. The quantitative estimate of drug-likeness (QED) is 0.829. The fourth-order valence-electron chi connectivity index (χ4n) is 1.93. The molecule has 0 saturated heterocycles. The number of rotatable bonds is 5. The molecule has 6 heteroatoms. The Kier molecular flexibility index (Phi) is 3.76. The molecular formula is C12H17N5S. The molecule has 0 amide bonds. The summed E-state index contributed by atoms with van der Waals surface area (Å²) in [7, 11) is 0. The number of hydrogen-bond acceptors (Lipinski definition) is 4. The van der Waals surface area contributed by atoms with Gasteiger partial charge < -0.3 is 10.6 Å². The average Bonchev–Trinajstić information content (AvgIpc) is 2.70. The summed E-state index contributed by atoms with van der Waals surface area (Å²) < 4.78 is 1.85. The number of aromatic nitrogens is 3. The number of thiocarbonyl (C=S) groups is 1. The first-order chi connectivity index (χ1) is 8.61. The van der Waals surface area contributed by atoms with Crippen LogP contribution >= 0.6 is 12.2 Å². The van der Waals surface area contributed by atoms with Crippen molar-refractivity contribution in [3.05, 3.63) is 24.2 Å². The van der Waals surface area contributed by atoms with Gasteiger partial charge in [-0.2, -0.15) is 5.10 Å². The Hall–Kier alpha value is -1.69. The van der Waals surface area contributed by atoms with Crippen LogP contribution in [0.3, 0.4) is 0 Å². The van der Waals surface area contributed by atoms with Gasteiger partial charge in [0.15, 0.2) is 5.82 Å². The number of nitrogens with zero attached hydrogens (tertiary/aromatic N) is 4. The molecule has 0 atom stereocenters. The molecule has 0 saturated carbocycles. The molecule has 0 aliphatic rings. The fourth-order valence-corrected chi connectivity index (χ4v) is 2.02. The normalized spacial score (nSPS) is 10.8. The lowest BCUT2D eigenvalue weighted by Crippen LogP contribution is -2.28. The number of aryl methyl sites for hydroxylation is 1. The maximum atomic E-state index is 5.56. The van der Waals surface area contributed by atoms with Gasteiger partial charge in [-0.25, -0.2) is 9.50 Å². The van der Waals surface area contributed by atoms with E-state index < -0.39 is 0 Å². The minimum absolute atomic E-state index is 0.532. The lowest BCUT2D eigenvalue weighted by Gasteiger charge is -2.22. The molecule has 2 rings (SSSR count). The van der Waals surface area contributed by atoms with E-state index in [1.165, 1.54) is 0 Å². The van der Waals surface area contributed by atoms with Gasteiger partial charge in [-0.1, -0.05) is 12.2 Å². The Balaban J connectivity index is 2.35. The average molecular weight is 263 g/mol. The van der Waals surface area contributed by atoms with E-state index in [1.807, 2.05) is 23.7 Å². The summed E-state index contributed by atoms with van der Waals surface area (Å²) in [5.41, 5.74) is 7.55. The Morgan fingerprint density at radius 2 is 2.33 bits per heavy atom. The highest BCUT2D eigenvalue weighted by Crippen LogP contribution is 2.19. The summed E-state index contributed by atoms with van der Waals surface area (Å²) in [6.45, 7) is 5.71. The van der Waals surface area contributed by atoms with Gasteiger partial charge in [-0.05, 0) is 19.9 Å².